The van der Waals surface area contributed by atoms with Crippen molar-refractivity contribution in [2.24, 2.45) is 7.05 Å². The van der Waals surface area contributed by atoms with Crippen molar-refractivity contribution in [2.45, 2.75) is 31.4 Å². The average Bonchev–Trinajstić information content (AvgIpc) is 3.16. The van der Waals surface area contributed by atoms with Crippen LogP contribution in [0.25, 0.3) is 0 Å². The summed E-state index contributed by atoms with van der Waals surface area (Å²) in [6.07, 6.45) is 6.17. The number of rotatable bonds is 4. The van der Waals surface area contributed by atoms with Crippen molar-refractivity contribution in [1.29, 1.82) is 0 Å². The SMILES string of the molecule is Cn1cc([C@@]2(C)CN(C(=O)CNC3CC3)CCO2)cn1. The van der Waals surface area contributed by atoms with Crippen LogP contribution in [0.1, 0.15) is 25.3 Å². The van der Waals surface area contributed by atoms with Gasteiger partial charge in [0, 0.05) is 31.4 Å². The van der Waals surface area contributed by atoms with Gasteiger partial charge in [0.1, 0.15) is 5.60 Å². The summed E-state index contributed by atoms with van der Waals surface area (Å²) in [6, 6.07) is 0.560. The Morgan fingerprint density at radius 1 is 1.60 bits per heavy atom. The van der Waals surface area contributed by atoms with Crippen LogP contribution in [0.4, 0.5) is 0 Å². The maximum Gasteiger partial charge on any atom is 0.236 e. The van der Waals surface area contributed by atoms with Crippen LogP contribution in [0.5, 0.6) is 0 Å². The molecule has 0 bridgehead atoms. The van der Waals surface area contributed by atoms with Crippen molar-refractivity contribution in [3.63, 3.8) is 0 Å². The second-order valence-corrected chi connectivity index (χ2v) is 5.95. The minimum absolute atomic E-state index is 0.162. The molecule has 0 unspecified atom stereocenters. The van der Waals surface area contributed by atoms with Crippen molar-refractivity contribution < 1.29 is 9.53 Å². The fourth-order valence-corrected chi connectivity index (χ4v) is 2.58. The molecule has 1 aromatic heterocycles. The van der Waals surface area contributed by atoms with Crippen LogP contribution in [-0.2, 0) is 22.2 Å². The van der Waals surface area contributed by atoms with Gasteiger partial charge >= 0.3 is 0 Å². The molecule has 2 aliphatic rings. The maximum atomic E-state index is 12.2. The highest BCUT2D eigenvalue weighted by Crippen LogP contribution is 2.29. The second-order valence-electron chi connectivity index (χ2n) is 5.95. The summed E-state index contributed by atoms with van der Waals surface area (Å²) in [7, 11) is 1.89. The van der Waals surface area contributed by atoms with E-state index in [1.807, 2.05) is 31.3 Å². The third-order valence-corrected chi connectivity index (χ3v) is 4.06. The molecule has 2 heterocycles. The Kier molecular flexibility index (Phi) is 3.52. The first-order valence-electron chi connectivity index (χ1n) is 7.21. The second kappa shape index (κ2) is 5.18. The first-order valence-corrected chi connectivity index (χ1v) is 7.21. The highest BCUT2D eigenvalue weighted by molar-refractivity contribution is 5.78. The highest BCUT2D eigenvalue weighted by atomic mass is 16.5. The molecule has 1 amide bonds. The molecule has 20 heavy (non-hydrogen) atoms. The monoisotopic (exact) mass is 278 g/mol. The summed E-state index contributed by atoms with van der Waals surface area (Å²) in [6.45, 7) is 4.29. The Labute approximate surface area is 119 Å². The number of amides is 1. The predicted octanol–water partition coefficient (Wildman–Crippen LogP) is 0.246. The molecule has 1 saturated heterocycles. The number of carbonyl (C=O) groups excluding carboxylic acids is 1. The smallest absolute Gasteiger partial charge is 0.236 e. The van der Waals surface area contributed by atoms with Crippen molar-refractivity contribution in [3.05, 3.63) is 18.0 Å². The van der Waals surface area contributed by atoms with E-state index in [1.54, 1.807) is 4.68 Å². The lowest BCUT2D eigenvalue weighted by Gasteiger charge is -2.40. The van der Waals surface area contributed by atoms with Crippen LogP contribution >= 0.6 is 0 Å². The molecule has 1 aliphatic carbocycles. The quantitative estimate of drug-likeness (QED) is 0.857. The van der Waals surface area contributed by atoms with E-state index in [9.17, 15) is 4.79 Å². The zero-order valence-corrected chi connectivity index (χ0v) is 12.1. The zero-order chi connectivity index (χ0) is 14.2. The number of hydrogen-bond donors (Lipinski definition) is 1. The molecule has 110 valence electrons. The molecule has 6 nitrogen and oxygen atoms in total. The lowest BCUT2D eigenvalue weighted by Crippen LogP contribution is -2.52. The van der Waals surface area contributed by atoms with Crippen molar-refractivity contribution in [2.75, 3.05) is 26.2 Å². The van der Waals surface area contributed by atoms with Gasteiger partial charge in [-0.2, -0.15) is 5.10 Å². The summed E-state index contributed by atoms with van der Waals surface area (Å²) in [5.41, 5.74) is 0.564. The van der Waals surface area contributed by atoms with Crippen LogP contribution < -0.4 is 5.32 Å². The molecule has 0 radical (unpaired) electrons. The van der Waals surface area contributed by atoms with E-state index in [2.05, 4.69) is 10.4 Å². The van der Waals surface area contributed by atoms with Gasteiger partial charge < -0.3 is 15.0 Å². The van der Waals surface area contributed by atoms with Gasteiger partial charge in [-0.25, -0.2) is 0 Å². The minimum Gasteiger partial charge on any atom is -0.367 e. The molecule has 1 N–H and O–H groups in total. The van der Waals surface area contributed by atoms with Crippen LogP contribution in [0.2, 0.25) is 0 Å². The Morgan fingerprint density at radius 2 is 2.40 bits per heavy atom. The molecule has 1 saturated carbocycles. The largest absolute Gasteiger partial charge is 0.367 e. The van der Waals surface area contributed by atoms with Gasteiger partial charge in [-0.1, -0.05) is 0 Å². The van der Waals surface area contributed by atoms with E-state index in [1.165, 1.54) is 12.8 Å². The lowest BCUT2D eigenvalue weighted by molar-refractivity contribution is -0.148. The Hall–Kier alpha value is -1.40. The van der Waals surface area contributed by atoms with Crippen LogP contribution in [0.15, 0.2) is 12.4 Å². The molecule has 1 aromatic rings. The van der Waals surface area contributed by atoms with Crippen molar-refractivity contribution in [3.8, 4) is 0 Å². The van der Waals surface area contributed by atoms with Gasteiger partial charge in [-0.15, -0.1) is 0 Å². The fourth-order valence-electron chi connectivity index (χ4n) is 2.58. The molecule has 6 heteroatoms. The van der Waals surface area contributed by atoms with E-state index in [-0.39, 0.29) is 5.91 Å². The number of ether oxygens (including phenoxy) is 1. The summed E-state index contributed by atoms with van der Waals surface area (Å²) in [4.78, 5) is 14.1. The highest BCUT2D eigenvalue weighted by Gasteiger charge is 2.36. The summed E-state index contributed by atoms with van der Waals surface area (Å²) in [5, 5.41) is 7.47. The number of carbonyl (C=O) groups is 1. The van der Waals surface area contributed by atoms with Gasteiger partial charge in [0.2, 0.25) is 5.91 Å². The first kappa shape index (κ1) is 13.6. The van der Waals surface area contributed by atoms with E-state index < -0.39 is 5.60 Å². The topological polar surface area (TPSA) is 59.4 Å². The molecular formula is C14H22N4O2. The Balaban J connectivity index is 1.64. The number of aryl methyl sites for hydroxylation is 1. The first-order chi connectivity index (χ1) is 9.57. The van der Waals surface area contributed by atoms with Gasteiger partial charge in [-0.05, 0) is 19.8 Å². The third kappa shape index (κ3) is 2.86. The van der Waals surface area contributed by atoms with E-state index in [0.29, 0.717) is 32.3 Å². The maximum absolute atomic E-state index is 12.2. The lowest BCUT2D eigenvalue weighted by atomic mass is 9.97. The van der Waals surface area contributed by atoms with Crippen LogP contribution in [-0.4, -0.2) is 52.9 Å². The van der Waals surface area contributed by atoms with E-state index in [4.69, 9.17) is 4.74 Å². The predicted molar refractivity (Wildman–Crippen MR) is 74.1 cm³/mol. The third-order valence-electron chi connectivity index (χ3n) is 4.06. The van der Waals surface area contributed by atoms with Crippen molar-refractivity contribution in [1.82, 2.24) is 20.0 Å². The standard InChI is InChI=1S/C14H22N4O2/c1-14(11-7-16-17(2)9-11)10-18(5-6-20-14)13(19)8-15-12-3-4-12/h7,9,12,15H,3-6,8,10H2,1-2H3/t14-/m1/s1. The molecular weight excluding hydrogens is 256 g/mol. The fraction of sp³-hybridized carbons (Fsp3) is 0.714. The number of nitrogens with zero attached hydrogens (tertiary/aromatic N) is 3. The zero-order valence-electron chi connectivity index (χ0n) is 12.1. The van der Waals surface area contributed by atoms with Gasteiger partial charge in [0.25, 0.3) is 0 Å². The molecule has 2 fully saturated rings. The molecule has 1 aliphatic heterocycles. The molecule has 3 rings (SSSR count). The van der Waals surface area contributed by atoms with Crippen molar-refractivity contribution >= 4 is 5.91 Å². The molecule has 1 atom stereocenters. The Morgan fingerprint density at radius 3 is 3.05 bits per heavy atom. The normalized spacial score (nSPS) is 26.8. The molecule has 0 spiro atoms. The number of morpholine rings is 1. The number of aromatic nitrogens is 2. The number of nitrogens with one attached hydrogen (secondary N) is 1. The van der Waals surface area contributed by atoms with E-state index in [0.717, 1.165) is 5.56 Å². The van der Waals surface area contributed by atoms with Crippen LogP contribution in [0, 0.1) is 0 Å². The minimum atomic E-state index is -0.457. The van der Waals surface area contributed by atoms with Gasteiger partial charge in [0.15, 0.2) is 0 Å². The van der Waals surface area contributed by atoms with E-state index >= 15 is 0 Å². The summed E-state index contributed by atoms with van der Waals surface area (Å²) >= 11 is 0. The van der Waals surface area contributed by atoms with Crippen LogP contribution in [0.3, 0.4) is 0 Å². The average molecular weight is 278 g/mol. The van der Waals surface area contributed by atoms with Gasteiger partial charge in [-0.3, -0.25) is 9.48 Å². The molecule has 0 aromatic carbocycles. The summed E-state index contributed by atoms with van der Waals surface area (Å²) < 4.78 is 7.68. The number of hydrogen-bond acceptors (Lipinski definition) is 4. The summed E-state index contributed by atoms with van der Waals surface area (Å²) in [5.74, 6) is 0.162. The Bertz CT molecular complexity index is 497. The van der Waals surface area contributed by atoms with Gasteiger partial charge in [0.05, 0.1) is 25.9 Å².